The van der Waals surface area contributed by atoms with Crippen LogP contribution in [0, 0.1) is 11.3 Å². The molecule has 2 aromatic rings. The van der Waals surface area contributed by atoms with Gasteiger partial charge in [0, 0.05) is 5.56 Å². The number of hydrogen-bond donors (Lipinski definition) is 0. The lowest BCUT2D eigenvalue weighted by molar-refractivity contribution is -0.137. The summed E-state index contributed by atoms with van der Waals surface area (Å²) in [6.45, 7) is 1.78. The number of Topliss-reactive ketones (excluding diaryl/α,β-unsaturated/α-hetero) is 1. The van der Waals surface area contributed by atoms with E-state index in [1.807, 2.05) is 6.07 Å². The van der Waals surface area contributed by atoms with Gasteiger partial charge in [0.15, 0.2) is 5.78 Å². The summed E-state index contributed by atoms with van der Waals surface area (Å²) < 4.78 is 4.91. The van der Waals surface area contributed by atoms with E-state index in [-0.39, 0.29) is 23.5 Å². The van der Waals surface area contributed by atoms with Gasteiger partial charge in [0.25, 0.3) is 0 Å². The molecule has 0 saturated heterocycles. The third-order valence-corrected chi connectivity index (χ3v) is 3.17. The van der Waals surface area contributed by atoms with E-state index in [1.54, 1.807) is 67.6 Å². The maximum atomic E-state index is 12.8. The molecule has 0 aliphatic rings. The van der Waals surface area contributed by atoms with Crippen molar-refractivity contribution >= 4 is 17.3 Å². The molecule has 0 atom stereocenters. The normalized spacial score (nSPS) is 11.1. The molecule has 4 heteroatoms. The summed E-state index contributed by atoms with van der Waals surface area (Å²) in [6, 6.07) is 19.0. The summed E-state index contributed by atoms with van der Waals surface area (Å²) in [4.78, 5) is 24.9. The van der Waals surface area contributed by atoms with E-state index in [2.05, 4.69) is 0 Å². The minimum Gasteiger partial charge on any atom is -0.462 e. The van der Waals surface area contributed by atoms with Crippen LogP contribution in [0.25, 0.3) is 5.57 Å². The molecule has 0 unspecified atom stereocenters. The van der Waals surface area contributed by atoms with Crippen LogP contribution < -0.4 is 0 Å². The summed E-state index contributed by atoms with van der Waals surface area (Å²) in [5.74, 6) is -1.18. The second kappa shape index (κ2) is 7.71. The van der Waals surface area contributed by atoms with Crippen LogP contribution in [0.4, 0.5) is 0 Å². The average Bonchev–Trinajstić information content (AvgIpc) is 2.60. The number of esters is 1. The van der Waals surface area contributed by atoms with E-state index < -0.39 is 5.97 Å². The lowest BCUT2D eigenvalue weighted by atomic mass is 9.92. The largest absolute Gasteiger partial charge is 0.462 e. The molecule has 0 N–H and O–H groups in total. The topological polar surface area (TPSA) is 67.2 Å². The van der Waals surface area contributed by atoms with Crippen LogP contribution in [0.1, 0.15) is 22.8 Å². The maximum Gasteiger partial charge on any atom is 0.349 e. The highest BCUT2D eigenvalue weighted by atomic mass is 16.5. The molecule has 0 spiro atoms. The van der Waals surface area contributed by atoms with Crippen LogP contribution in [0.15, 0.2) is 66.2 Å². The van der Waals surface area contributed by atoms with Gasteiger partial charge in [-0.15, -0.1) is 0 Å². The first-order chi connectivity index (χ1) is 11.2. The van der Waals surface area contributed by atoms with Crippen molar-refractivity contribution in [2.75, 3.05) is 6.61 Å². The van der Waals surface area contributed by atoms with Crippen LogP contribution in [-0.2, 0) is 9.53 Å². The molecule has 0 radical (unpaired) electrons. The quantitative estimate of drug-likeness (QED) is 0.367. The van der Waals surface area contributed by atoms with Gasteiger partial charge >= 0.3 is 5.97 Å². The van der Waals surface area contributed by atoms with Crippen molar-refractivity contribution in [3.8, 4) is 6.07 Å². The van der Waals surface area contributed by atoms with Crippen LogP contribution >= 0.6 is 0 Å². The average molecular weight is 305 g/mol. The van der Waals surface area contributed by atoms with Gasteiger partial charge < -0.3 is 4.74 Å². The van der Waals surface area contributed by atoms with Crippen molar-refractivity contribution in [2.24, 2.45) is 0 Å². The molecule has 0 aliphatic carbocycles. The number of nitrogens with zero attached hydrogens (tertiary/aromatic N) is 1. The Labute approximate surface area is 134 Å². The third kappa shape index (κ3) is 3.72. The Morgan fingerprint density at radius 3 is 1.96 bits per heavy atom. The van der Waals surface area contributed by atoms with Crippen molar-refractivity contribution in [1.82, 2.24) is 0 Å². The number of nitriles is 1. The van der Waals surface area contributed by atoms with Crippen molar-refractivity contribution in [1.29, 1.82) is 5.26 Å². The Morgan fingerprint density at radius 2 is 1.48 bits per heavy atom. The highest BCUT2D eigenvalue weighted by Gasteiger charge is 2.24. The number of benzene rings is 2. The zero-order chi connectivity index (χ0) is 16.7. The first-order valence-electron chi connectivity index (χ1n) is 7.15. The summed E-state index contributed by atoms with van der Waals surface area (Å²) in [5, 5.41) is 9.39. The van der Waals surface area contributed by atoms with E-state index >= 15 is 0 Å². The highest BCUT2D eigenvalue weighted by Crippen LogP contribution is 2.24. The minimum absolute atomic E-state index is 0.0535. The second-order valence-electron chi connectivity index (χ2n) is 4.64. The molecular weight excluding hydrogens is 290 g/mol. The van der Waals surface area contributed by atoms with E-state index in [4.69, 9.17) is 4.74 Å². The fourth-order valence-corrected chi connectivity index (χ4v) is 2.13. The number of allylic oxidation sites excluding steroid dienone is 1. The number of carbonyl (C=O) groups excluding carboxylic acids is 2. The summed E-state index contributed by atoms with van der Waals surface area (Å²) in [5.41, 5.74) is 0.680. The molecule has 0 aromatic heterocycles. The summed E-state index contributed by atoms with van der Waals surface area (Å²) in [6.07, 6.45) is 0. The zero-order valence-corrected chi connectivity index (χ0v) is 12.7. The number of rotatable bonds is 5. The van der Waals surface area contributed by atoms with Crippen molar-refractivity contribution in [3.63, 3.8) is 0 Å². The molecule has 23 heavy (non-hydrogen) atoms. The Bertz CT molecular complexity index is 771. The van der Waals surface area contributed by atoms with Crippen LogP contribution in [0.5, 0.6) is 0 Å². The van der Waals surface area contributed by atoms with Crippen LogP contribution in [0.2, 0.25) is 0 Å². The molecule has 0 amide bonds. The number of hydrogen-bond acceptors (Lipinski definition) is 4. The minimum atomic E-state index is -0.793. The molecule has 0 fully saturated rings. The number of ketones is 1. The molecule has 2 aromatic carbocycles. The molecule has 114 valence electrons. The lowest BCUT2D eigenvalue weighted by Crippen LogP contribution is -2.13. The van der Waals surface area contributed by atoms with E-state index in [9.17, 15) is 14.9 Å². The van der Waals surface area contributed by atoms with E-state index in [1.165, 1.54) is 0 Å². The predicted octanol–water partition coefficient (Wildman–Crippen LogP) is 3.41. The van der Waals surface area contributed by atoms with Gasteiger partial charge in [0.2, 0.25) is 0 Å². The summed E-state index contributed by atoms with van der Waals surface area (Å²) in [7, 11) is 0. The first-order valence-corrected chi connectivity index (χ1v) is 7.15. The van der Waals surface area contributed by atoms with Gasteiger partial charge in [-0.05, 0) is 12.5 Å². The van der Waals surface area contributed by atoms with Gasteiger partial charge in [-0.3, -0.25) is 4.79 Å². The van der Waals surface area contributed by atoms with Crippen molar-refractivity contribution < 1.29 is 14.3 Å². The maximum absolute atomic E-state index is 12.8. The van der Waals surface area contributed by atoms with Crippen molar-refractivity contribution in [2.45, 2.75) is 6.92 Å². The smallest absolute Gasteiger partial charge is 0.349 e. The third-order valence-electron chi connectivity index (χ3n) is 3.17. The predicted molar refractivity (Wildman–Crippen MR) is 86.4 cm³/mol. The number of ether oxygens (including phenoxy) is 1. The molecule has 4 nitrogen and oxygen atoms in total. The fraction of sp³-hybridized carbons (Fsp3) is 0.105. The highest BCUT2D eigenvalue weighted by molar-refractivity contribution is 6.33. The Kier molecular flexibility index (Phi) is 5.43. The second-order valence-corrected chi connectivity index (χ2v) is 4.64. The van der Waals surface area contributed by atoms with Crippen LogP contribution in [-0.4, -0.2) is 18.4 Å². The van der Waals surface area contributed by atoms with Gasteiger partial charge in [-0.2, -0.15) is 5.26 Å². The zero-order valence-electron chi connectivity index (χ0n) is 12.7. The summed E-state index contributed by atoms with van der Waals surface area (Å²) >= 11 is 0. The number of carbonyl (C=O) groups is 2. The monoisotopic (exact) mass is 305 g/mol. The Hall–Kier alpha value is -3.19. The fourth-order valence-electron chi connectivity index (χ4n) is 2.13. The SMILES string of the molecule is CCOC(=O)C(C#N)=C(C(=O)c1ccccc1)c1ccccc1. The first kappa shape index (κ1) is 16.2. The lowest BCUT2D eigenvalue weighted by Gasteiger charge is -2.10. The Balaban J connectivity index is 2.64. The Morgan fingerprint density at radius 1 is 0.957 bits per heavy atom. The molecule has 0 bridgehead atoms. The van der Waals surface area contributed by atoms with E-state index in [0.717, 1.165) is 0 Å². The van der Waals surface area contributed by atoms with E-state index in [0.29, 0.717) is 11.1 Å². The molecule has 0 saturated carbocycles. The molecule has 0 heterocycles. The van der Waals surface area contributed by atoms with Gasteiger partial charge in [0.05, 0.1) is 12.2 Å². The molecule has 2 rings (SSSR count). The van der Waals surface area contributed by atoms with Crippen molar-refractivity contribution in [3.05, 3.63) is 77.4 Å². The standard InChI is InChI=1S/C19H15NO3/c1-2-23-19(22)16(13-20)17(14-9-5-3-6-10-14)18(21)15-11-7-4-8-12-15/h3-12H,2H2,1H3. The van der Waals surface area contributed by atoms with Gasteiger partial charge in [-0.1, -0.05) is 60.7 Å². The van der Waals surface area contributed by atoms with Gasteiger partial charge in [-0.25, -0.2) is 4.79 Å². The van der Waals surface area contributed by atoms with Gasteiger partial charge in [0.1, 0.15) is 11.6 Å². The molecule has 0 aliphatic heterocycles. The molecular formula is C19H15NO3. The van der Waals surface area contributed by atoms with Crippen LogP contribution in [0.3, 0.4) is 0 Å².